The molecule has 17 heavy (non-hydrogen) atoms. The number of hydrogen-bond donors (Lipinski definition) is 2. The van der Waals surface area contributed by atoms with Crippen LogP contribution in [0.25, 0.3) is 0 Å². The summed E-state index contributed by atoms with van der Waals surface area (Å²) in [6, 6.07) is 0. The van der Waals surface area contributed by atoms with Gasteiger partial charge in [-0.3, -0.25) is 4.79 Å². The van der Waals surface area contributed by atoms with Gasteiger partial charge in [-0.2, -0.15) is 0 Å². The van der Waals surface area contributed by atoms with Crippen molar-refractivity contribution in [3.05, 3.63) is 0 Å². The second-order valence-electron chi connectivity index (χ2n) is 4.07. The lowest BCUT2D eigenvalue weighted by Crippen LogP contribution is -2.43. The molecule has 0 aliphatic rings. The molecule has 0 fully saturated rings. The Hall–Kier alpha value is -0.720. The summed E-state index contributed by atoms with van der Waals surface area (Å²) in [7, 11) is 3.13. The molecule has 6 heteroatoms. The van der Waals surface area contributed by atoms with Gasteiger partial charge in [0.2, 0.25) is 5.91 Å². The average molecular weight is 262 g/mol. The number of rotatable bonds is 8. The van der Waals surface area contributed by atoms with Gasteiger partial charge in [-0.05, 0) is 6.42 Å². The van der Waals surface area contributed by atoms with E-state index in [-0.39, 0.29) is 24.0 Å². The molecule has 1 amide bonds. The van der Waals surface area contributed by atoms with Crippen molar-refractivity contribution >= 4 is 23.1 Å². The molecule has 0 saturated heterocycles. The van der Waals surface area contributed by atoms with Crippen LogP contribution in [0.3, 0.4) is 0 Å². The summed E-state index contributed by atoms with van der Waals surface area (Å²) in [6.07, 6.45) is 0.781. The second kappa shape index (κ2) is 8.38. The highest BCUT2D eigenvalue weighted by Gasteiger charge is 2.24. The Bertz CT molecular complexity index is 261. The van der Waals surface area contributed by atoms with Gasteiger partial charge in [0.1, 0.15) is 0 Å². The number of carbonyl (C=O) groups is 1. The Morgan fingerprint density at radius 1 is 1.59 bits per heavy atom. The molecule has 0 heterocycles. The van der Waals surface area contributed by atoms with E-state index < -0.39 is 12.0 Å². The number of methoxy groups -OCH3 is 1. The van der Waals surface area contributed by atoms with Gasteiger partial charge < -0.3 is 20.5 Å². The van der Waals surface area contributed by atoms with Gasteiger partial charge in [0, 0.05) is 20.7 Å². The van der Waals surface area contributed by atoms with Crippen LogP contribution in [0, 0.1) is 5.92 Å². The van der Waals surface area contributed by atoms with E-state index in [1.54, 1.807) is 7.05 Å². The van der Waals surface area contributed by atoms with Gasteiger partial charge in [0.05, 0.1) is 23.6 Å². The normalized spacial score (nSPS) is 14.1. The van der Waals surface area contributed by atoms with E-state index >= 15 is 0 Å². The lowest BCUT2D eigenvalue weighted by molar-refractivity contribution is -0.133. The van der Waals surface area contributed by atoms with Crippen LogP contribution in [0.5, 0.6) is 0 Å². The van der Waals surface area contributed by atoms with Gasteiger partial charge in [-0.25, -0.2) is 0 Å². The van der Waals surface area contributed by atoms with Crippen LogP contribution < -0.4 is 5.73 Å². The summed E-state index contributed by atoms with van der Waals surface area (Å²) in [4.78, 5) is 13.7. The van der Waals surface area contributed by atoms with Crippen molar-refractivity contribution in [2.75, 3.05) is 27.3 Å². The van der Waals surface area contributed by atoms with Crippen molar-refractivity contribution in [3.8, 4) is 0 Å². The highest BCUT2D eigenvalue weighted by molar-refractivity contribution is 7.80. The number of nitrogens with zero attached hydrogens (tertiary/aromatic N) is 1. The number of amides is 1. The molecule has 0 aromatic carbocycles. The molecular weight excluding hydrogens is 240 g/mol. The third-order valence-electron chi connectivity index (χ3n) is 2.44. The number of aliphatic hydroxyl groups is 1. The van der Waals surface area contributed by atoms with Crippen LogP contribution in [-0.4, -0.2) is 54.3 Å². The van der Waals surface area contributed by atoms with Crippen LogP contribution in [-0.2, 0) is 9.53 Å². The minimum Gasteiger partial charge on any atom is -0.393 e. The van der Waals surface area contributed by atoms with Crippen molar-refractivity contribution in [2.45, 2.75) is 25.9 Å². The van der Waals surface area contributed by atoms with Gasteiger partial charge in [-0.15, -0.1) is 0 Å². The summed E-state index contributed by atoms with van der Waals surface area (Å²) in [6.45, 7) is 2.39. The largest absolute Gasteiger partial charge is 0.393 e. The molecule has 0 saturated carbocycles. The van der Waals surface area contributed by atoms with Crippen molar-refractivity contribution in [1.29, 1.82) is 0 Å². The first-order valence-corrected chi connectivity index (χ1v) is 6.06. The molecule has 2 atom stereocenters. The molecular formula is C11H22N2O3S. The van der Waals surface area contributed by atoms with E-state index in [1.807, 2.05) is 6.92 Å². The summed E-state index contributed by atoms with van der Waals surface area (Å²) in [5, 5.41) is 9.54. The first-order chi connectivity index (χ1) is 7.93. The Kier molecular flexibility index (Phi) is 8.03. The number of ether oxygens (including phenoxy) is 1. The predicted molar refractivity (Wildman–Crippen MR) is 70.7 cm³/mol. The molecule has 0 aromatic rings. The van der Waals surface area contributed by atoms with Crippen LogP contribution in [0.2, 0.25) is 0 Å². The van der Waals surface area contributed by atoms with Crippen molar-refractivity contribution < 1.29 is 14.6 Å². The number of thiocarbonyl (C=S) groups is 1. The minimum atomic E-state index is -0.692. The SMILES string of the molecule is CCCC(C(=O)N(C)CC(O)COC)C(N)=S. The summed E-state index contributed by atoms with van der Waals surface area (Å²) in [5.41, 5.74) is 5.55. The molecule has 100 valence electrons. The number of hydrogen-bond acceptors (Lipinski definition) is 4. The number of carbonyl (C=O) groups excluding carboxylic acids is 1. The summed E-state index contributed by atoms with van der Waals surface area (Å²) < 4.78 is 4.80. The van der Waals surface area contributed by atoms with Crippen molar-refractivity contribution in [1.82, 2.24) is 4.90 Å². The topological polar surface area (TPSA) is 75.8 Å². The lowest BCUT2D eigenvalue weighted by atomic mass is 10.0. The molecule has 0 aromatic heterocycles. The highest BCUT2D eigenvalue weighted by atomic mass is 32.1. The smallest absolute Gasteiger partial charge is 0.232 e. The zero-order chi connectivity index (χ0) is 13.4. The fourth-order valence-electron chi connectivity index (χ4n) is 1.59. The monoisotopic (exact) mass is 262 g/mol. The first-order valence-electron chi connectivity index (χ1n) is 5.65. The fourth-order valence-corrected chi connectivity index (χ4v) is 1.81. The van der Waals surface area contributed by atoms with Crippen molar-refractivity contribution in [3.63, 3.8) is 0 Å². The van der Waals surface area contributed by atoms with Crippen LogP contribution >= 0.6 is 12.2 Å². The fraction of sp³-hybridized carbons (Fsp3) is 0.818. The zero-order valence-electron chi connectivity index (χ0n) is 10.7. The van der Waals surface area contributed by atoms with Gasteiger partial charge >= 0.3 is 0 Å². The van der Waals surface area contributed by atoms with Gasteiger partial charge in [0.25, 0.3) is 0 Å². The number of aliphatic hydroxyl groups excluding tert-OH is 1. The molecule has 0 aliphatic heterocycles. The van der Waals surface area contributed by atoms with Gasteiger partial charge in [-0.1, -0.05) is 25.6 Å². The second-order valence-corrected chi connectivity index (χ2v) is 4.54. The Labute approximate surface area is 108 Å². The molecule has 0 bridgehead atoms. The van der Waals surface area contributed by atoms with Crippen LogP contribution in [0.15, 0.2) is 0 Å². The summed E-state index contributed by atoms with van der Waals surface area (Å²) in [5.74, 6) is -0.579. The molecule has 0 spiro atoms. The quantitative estimate of drug-likeness (QED) is 0.609. The first kappa shape index (κ1) is 16.3. The molecule has 2 unspecified atom stereocenters. The maximum Gasteiger partial charge on any atom is 0.232 e. The highest BCUT2D eigenvalue weighted by Crippen LogP contribution is 2.10. The summed E-state index contributed by atoms with van der Waals surface area (Å²) >= 11 is 4.89. The van der Waals surface area contributed by atoms with E-state index in [0.717, 1.165) is 6.42 Å². The Balaban J connectivity index is 4.39. The average Bonchev–Trinajstić information content (AvgIpc) is 2.24. The predicted octanol–water partition coefficient (Wildman–Crippen LogP) is 0.154. The molecule has 0 aliphatic carbocycles. The minimum absolute atomic E-state index is 0.144. The zero-order valence-corrected chi connectivity index (χ0v) is 11.5. The Morgan fingerprint density at radius 3 is 2.59 bits per heavy atom. The van der Waals surface area contributed by atoms with Gasteiger partial charge in [0.15, 0.2) is 0 Å². The van der Waals surface area contributed by atoms with Crippen LogP contribution in [0.1, 0.15) is 19.8 Å². The Morgan fingerprint density at radius 2 is 2.18 bits per heavy atom. The third-order valence-corrected chi connectivity index (χ3v) is 2.72. The van der Waals surface area contributed by atoms with Crippen molar-refractivity contribution in [2.24, 2.45) is 11.7 Å². The van der Waals surface area contributed by atoms with Crippen LogP contribution in [0.4, 0.5) is 0 Å². The third kappa shape index (κ3) is 5.95. The molecule has 0 radical (unpaired) electrons. The molecule has 5 nitrogen and oxygen atoms in total. The molecule has 0 rings (SSSR count). The van der Waals surface area contributed by atoms with E-state index in [2.05, 4.69) is 0 Å². The van der Waals surface area contributed by atoms with E-state index in [4.69, 9.17) is 22.7 Å². The maximum absolute atomic E-state index is 12.0. The number of nitrogens with two attached hydrogens (primary N) is 1. The van der Waals surface area contributed by atoms with E-state index in [1.165, 1.54) is 12.0 Å². The maximum atomic E-state index is 12.0. The standard InChI is InChI=1S/C11H22N2O3S/c1-4-5-9(10(12)17)11(15)13(2)6-8(14)7-16-3/h8-9,14H,4-7H2,1-3H3,(H2,12,17). The number of likely N-dealkylation sites (N-methyl/N-ethyl adjacent to an activating group) is 1. The van der Waals surface area contributed by atoms with E-state index in [9.17, 15) is 9.90 Å². The van der Waals surface area contributed by atoms with E-state index in [0.29, 0.717) is 6.42 Å². The lowest BCUT2D eigenvalue weighted by Gasteiger charge is -2.24. The molecule has 3 N–H and O–H groups in total.